The molecule has 1 saturated heterocycles. The Morgan fingerprint density at radius 2 is 1.91 bits per heavy atom. The van der Waals surface area contributed by atoms with Gasteiger partial charge in [-0.05, 0) is 61.6 Å². The van der Waals surface area contributed by atoms with E-state index in [0.717, 1.165) is 35.7 Å². The molecule has 1 aliphatic carbocycles. The molecule has 0 spiro atoms. The van der Waals surface area contributed by atoms with Crippen molar-refractivity contribution < 1.29 is 9.53 Å². The van der Waals surface area contributed by atoms with Crippen LogP contribution in [-0.2, 0) is 17.9 Å². The van der Waals surface area contributed by atoms with Gasteiger partial charge in [0.05, 0.1) is 31.3 Å². The molecule has 2 aliphatic rings. The summed E-state index contributed by atoms with van der Waals surface area (Å²) < 4.78 is 7.96. The van der Waals surface area contributed by atoms with Crippen LogP contribution in [0.25, 0.3) is 0 Å². The second-order valence-electron chi connectivity index (χ2n) is 9.37. The van der Waals surface area contributed by atoms with Gasteiger partial charge in [-0.15, -0.1) is 0 Å². The number of hydrogen-bond acceptors (Lipinski definition) is 5. The molecule has 7 nitrogen and oxygen atoms in total. The van der Waals surface area contributed by atoms with Gasteiger partial charge in [-0.3, -0.25) is 19.3 Å². The van der Waals surface area contributed by atoms with E-state index in [1.165, 1.54) is 12.8 Å². The van der Waals surface area contributed by atoms with E-state index in [-0.39, 0.29) is 5.91 Å². The largest absolute Gasteiger partial charge is 0.493 e. The zero-order chi connectivity index (χ0) is 24.4. The van der Waals surface area contributed by atoms with Crippen LogP contribution in [0.4, 0.5) is 5.82 Å². The summed E-state index contributed by atoms with van der Waals surface area (Å²) in [4.78, 5) is 16.9. The molecular formula is C27H28ClN5O2. The number of carbonyl (C=O) groups excluding carboxylic acids is 1. The molecule has 0 atom stereocenters. The van der Waals surface area contributed by atoms with Crippen molar-refractivity contribution in [2.75, 3.05) is 31.1 Å². The molecule has 0 unspecified atom stereocenters. The Hall–Kier alpha value is -3.34. The van der Waals surface area contributed by atoms with E-state index in [1.54, 1.807) is 4.90 Å². The monoisotopic (exact) mass is 489 g/mol. The fourth-order valence-corrected chi connectivity index (χ4v) is 4.49. The van der Waals surface area contributed by atoms with E-state index in [2.05, 4.69) is 11.0 Å². The standard InChI is InChI=1S/C27H28ClN5O2/c1-19-12-26(30-33(19)16-23-13-24(28)8-9-25(23)35-18-22-6-7-22)32-11-10-31(17-27(32)34)15-21-4-2-20(14-29)3-5-21/h2-5,8-9,12-13,22H,6-7,10-11,15-18H2,1H3. The van der Waals surface area contributed by atoms with Crippen molar-refractivity contribution >= 4 is 23.3 Å². The van der Waals surface area contributed by atoms with Crippen molar-refractivity contribution in [1.82, 2.24) is 14.7 Å². The second kappa shape index (κ2) is 10.1. The summed E-state index contributed by atoms with van der Waals surface area (Å²) >= 11 is 6.27. The number of nitrogens with zero attached hydrogens (tertiary/aromatic N) is 5. The minimum Gasteiger partial charge on any atom is -0.493 e. The number of halogens is 1. The van der Waals surface area contributed by atoms with Gasteiger partial charge in [0.15, 0.2) is 5.82 Å². The van der Waals surface area contributed by atoms with Gasteiger partial charge in [0.25, 0.3) is 0 Å². The van der Waals surface area contributed by atoms with E-state index in [4.69, 9.17) is 26.7 Å². The van der Waals surface area contributed by atoms with Crippen molar-refractivity contribution in [3.8, 4) is 11.8 Å². The maximum absolute atomic E-state index is 13.0. The Bertz CT molecular complexity index is 1260. The highest BCUT2D eigenvalue weighted by Gasteiger charge is 2.27. The average Bonchev–Trinajstić information content (AvgIpc) is 3.61. The highest BCUT2D eigenvalue weighted by molar-refractivity contribution is 6.30. The number of aromatic nitrogens is 2. The van der Waals surface area contributed by atoms with Crippen molar-refractivity contribution in [2.24, 2.45) is 5.92 Å². The quantitative estimate of drug-likeness (QED) is 0.468. The van der Waals surface area contributed by atoms with E-state index >= 15 is 0 Å². The number of rotatable bonds is 8. The number of piperazine rings is 1. The predicted molar refractivity (Wildman–Crippen MR) is 135 cm³/mol. The summed E-state index contributed by atoms with van der Waals surface area (Å²) in [5, 5.41) is 14.4. The first-order chi connectivity index (χ1) is 17.0. The molecule has 3 aromatic rings. The third kappa shape index (κ3) is 5.67. The fourth-order valence-electron chi connectivity index (χ4n) is 4.29. The first-order valence-corrected chi connectivity index (χ1v) is 12.3. The first kappa shape index (κ1) is 23.4. The van der Waals surface area contributed by atoms with E-state index in [1.807, 2.05) is 60.1 Å². The number of anilines is 1. The van der Waals surface area contributed by atoms with Gasteiger partial charge >= 0.3 is 0 Å². The second-order valence-corrected chi connectivity index (χ2v) is 9.81. The van der Waals surface area contributed by atoms with Crippen molar-refractivity contribution in [1.29, 1.82) is 5.26 Å². The Morgan fingerprint density at radius 3 is 2.63 bits per heavy atom. The Morgan fingerprint density at radius 1 is 1.11 bits per heavy atom. The van der Waals surface area contributed by atoms with Gasteiger partial charge in [0.1, 0.15) is 5.75 Å². The average molecular weight is 490 g/mol. The van der Waals surface area contributed by atoms with Gasteiger partial charge in [-0.1, -0.05) is 23.7 Å². The summed E-state index contributed by atoms with van der Waals surface area (Å²) in [5.41, 5.74) is 3.68. The number of benzene rings is 2. The van der Waals surface area contributed by atoms with Gasteiger partial charge in [0, 0.05) is 42.0 Å². The highest BCUT2D eigenvalue weighted by atomic mass is 35.5. The molecule has 8 heteroatoms. The molecule has 1 saturated carbocycles. The Kier molecular flexibility index (Phi) is 6.76. The molecule has 0 bridgehead atoms. The molecule has 2 heterocycles. The zero-order valence-corrected chi connectivity index (χ0v) is 20.5. The SMILES string of the molecule is Cc1cc(N2CCN(Cc3ccc(C#N)cc3)CC2=O)nn1Cc1cc(Cl)ccc1OCC1CC1. The van der Waals surface area contributed by atoms with Crippen LogP contribution < -0.4 is 9.64 Å². The molecule has 35 heavy (non-hydrogen) atoms. The molecule has 0 N–H and O–H groups in total. The van der Waals surface area contributed by atoms with E-state index < -0.39 is 0 Å². The molecule has 2 aromatic carbocycles. The topological polar surface area (TPSA) is 74.4 Å². The Balaban J connectivity index is 1.24. The predicted octanol–water partition coefficient (Wildman–Crippen LogP) is 4.40. The maximum Gasteiger partial charge on any atom is 0.242 e. The first-order valence-electron chi connectivity index (χ1n) is 12.0. The third-order valence-electron chi connectivity index (χ3n) is 6.55. The van der Waals surface area contributed by atoms with Crippen LogP contribution in [0.2, 0.25) is 5.02 Å². The van der Waals surface area contributed by atoms with Crippen molar-refractivity contribution in [2.45, 2.75) is 32.9 Å². The molecule has 5 rings (SSSR count). The lowest BCUT2D eigenvalue weighted by Gasteiger charge is -2.33. The number of carbonyl (C=O) groups is 1. The van der Waals surface area contributed by atoms with Crippen LogP contribution in [0.15, 0.2) is 48.5 Å². The number of nitriles is 1. The minimum absolute atomic E-state index is 0.0331. The van der Waals surface area contributed by atoms with E-state index in [0.29, 0.717) is 48.5 Å². The van der Waals surface area contributed by atoms with Crippen LogP contribution in [0, 0.1) is 24.2 Å². The molecule has 180 valence electrons. The number of hydrogen-bond donors (Lipinski definition) is 0. The molecule has 1 amide bonds. The highest BCUT2D eigenvalue weighted by Crippen LogP contribution is 2.31. The normalized spacial score (nSPS) is 16.4. The fraction of sp³-hybridized carbons (Fsp3) is 0.370. The van der Waals surface area contributed by atoms with Crippen LogP contribution in [0.3, 0.4) is 0 Å². The van der Waals surface area contributed by atoms with Crippen LogP contribution in [0.1, 0.15) is 35.2 Å². The van der Waals surface area contributed by atoms with Crippen LogP contribution >= 0.6 is 11.6 Å². The molecule has 0 radical (unpaired) electrons. The molecule has 2 fully saturated rings. The summed E-state index contributed by atoms with van der Waals surface area (Å²) in [7, 11) is 0. The lowest BCUT2D eigenvalue weighted by Crippen LogP contribution is -2.50. The summed E-state index contributed by atoms with van der Waals surface area (Å²) in [6.07, 6.45) is 2.47. The van der Waals surface area contributed by atoms with Crippen LogP contribution in [0.5, 0.6) is 5.75 Å². The maximum atomic E-state index is 13.0. The molecule has 1 aliphatic heterocycles. The minimum atomic E-state index is 0.0331. The summed E-state index contributed by atoms with van der Waals surface area (Å²) in [6.45, 7) is 5.61. The number of aryl methyl sites for hydroxylation is 1. The van der Waals surface area contributed by atoms with E-state index in [9.17, 15) is 4.79 Å². The van der Waals surface area contributed by atoms with Crippen molar-refractivity contribution in [3.05, 3.63) is 75.9 Å². The molecular weight excluding hydrogens is 462 g/mol. The summed E-state index contributed by atoms with van der Waals surface area (Å²) in [5.74, 6) is 2.21. The summed E-state index contributed by atoms with van der Waals surface area (Å²) in [6, 6.07) is 17.3. The molecule has 1 aromatic heterocycles. The Labute approximate surface area is 210 Å². The number of amides is 1. The van der Waals surface area contributed by atoms with Gasteiger partial charge in [-0.25, -0.2) is 0 Å². The van der Waals surface area contributed by atoms with Gasteiger partial charge in [-0.2, -0.15) is 10.4 Å². The lowest BCUT2D eigenvalue weighted by molar-refractivity contribution is -0.121. The number of ether oxygens (including phenoxy) is 1. The van der Waals surface area contributed by atoms with Gasteiger partial charge in [0.2, 0.25) is 5.91 Å². The van der Waals surface area contributed by atoms with Crippen molar-refractivity contribution in [3.63, 3.8) is 0 Å². The third-order valence-corrected chi connectivity index (χ3v) is 6.78. The smallest absolute Gasteiger partial charge is 0.242 e. The van der Waals surface area contributed by atoms with Crippen LogP contribution in [-0.4, -0.2) is 46.8 Å². The lowest BCUT2D eigenvalue weighted by atomic mass is 10.1. The zero-order valence-electron chi connectivity index (χ0n) is 19.8. The van der Waals surface area contributed by atoms with Gasteiger partial charge < -0.3 is 4.74 Å².